The van der Waals surface area contributed by atoms with E-state index in [0.717, 1.165) is 19.4 Å². The van der Waals surface area contributed by atoms with Crippen molar-refractivity contribution in [3.63, 3.8) is 0 Å². The van der Waals surface area contributed by atoms with Crippen LogP contribution in [0, 0.1) is 5.82 Å². The number of esters is 1. The van der Waals surface area contributed by atoms with Crippen LogP contribution in [-0.2, 0) is 9.53 Å². The number of hydrogen-bond donors (Lipinski definition) is 2. The average molecular weight is 546 g/mol. The van der Waals surface area contributed by atoms with Gasteiger partial charge in [0, 0.05) is 11.8 Å². The maximum atomic E-state index is 14.5. The SMILES string of the molecule is COC(=O)c1cccc(F)c1-c1ccc(C(C)Nc2nccc(Cl)c2NC(=O)C(F)(F)C(F)(F)F)cc1. The van der Waals surface area contributed by atoms with E-state index in [1.165, 1.54) is 35.6 Å². The van der Waals surface area contributed by atoms with Crippen LogP contribution in [0.5, 0.6) is 0 Å². The van der Waals surface area contributed by atoms with Crippen LogP contribution in [0.3, 0.4) is 0 Å². The maximum Gasteiger partial charge on any atom is 0.463 e. The molecule has 3 aromatic rings. The number of alkyl halides is 5. The summed E-state index contributed by atoms with van der Waals surface area (Å²) in [6.45, 7) is 1.61. The van der Waals surface area contributed by atoms with Crippen molar-refractivity contribution in [2.24, 2.45) is 0 Å². The Hall–Kier alpha value is -3.80. The molecule has 1 unspecified atom stereocenters. The number of methoxy groups -OCH3 is 1. The van der Waals surface area contributed by atoms with Crippen LogP contribution in [-0.4, -0.2) is 36.1 Å². The van der Waals surface area contributed by atoms with Gasteiger partial charge in [-0.1, -0.05) is 41.9 Å². The summed E-state index contributed by atoms with van der Waals surface area (Å²) in [7, 11) is 1.16. The van der Waals surface area contributed by atoms with E-state index >= 15 is 0 Å². The monoisotopic (exact) mass is 545 g/mol. The molecule has 0 saturated heterocycles. The number of rotatable bonds is 7. The van der Waals surface area contributed by atoms with E-state index in [0.29, 0.717) is 11.1 Å². The Kier molecular flexibility index (Phi) is 8.01. The van der Waals surface area contributed by atoms with Crippen LogP contribution >= 0.6 is 11.6 Å². The molecule has 1 heterocycles. The second kappa shape index (κ2) is 10.7. The molecule has 0 aliphatic heterocycles. The van der Waals surface area contributed by atoms with E-state index in [4.69, 9.17) is 16.3 Å². The summed E-state index contributed by atoms with van der Waals surface area (Å²) in [6.07, 6.45) is -4.95. The highest BCUT2D eigenvalue weighted by molar-refractivity contribution is 6.34. The molecule has 3 rings (SSSR count). The number of nitrogens with zero attached hydrogens (tertiary/aromatic N) is 1. The minimum Gasteiger partial charge on any atom is -0.465 e. The third kappa shape index (κ3) is 5.79. The number of anilines is 2. The van der Waals surface area contributed by atoms with Crippen molar-refractivity contribution >= 4 is 35.0 Å². The van der Waals surface area contributed by atoms with Crippen LogP contribution in [0.1, 0.15) is 28.9 Å². The lowest BCUT2D eigenvalue weighted by molar-refractivity contribution is -0.267. The molecule has 2 aromatic carbocycles. The highest BCUT2D eigenvalue weighted by Gasteiger charge is 2.63. The Bertz CT molecular complexity index is 1320. The van der Waals surface area contributed by atoms with Crippen LogP contribution in [0.4, 0.5) is 37.8 Å². The Balaban J connectivity index is 1.87. The van der Waals surface area contributed by atoms with Gasteiger partial charge >= 0.3 is 24.0 Å². The van der Waals surface area contributed by atoms with E-state index in [1.54, 1.807) is 19.1 Å². The molecular formula is C24H18ClF6N3O3. The number of amides is 1. The summed E-state index contributed by atoms with van der Waals surface area (Å²) in [5.74, 6) is -9.94. The Labute approximate surface area is 211 Å². The van der Waals surface area contributed by atoms with Crippen molar-refractivity contribution in [1.29, 1.82) is 0 Å². The molecule has 0 aliphatic carbocycles. The Morgan fingerprint density at radius 1 is 1.03 bits per heavy atom. The molecule has 1 atom stereocenters. The van der Waals surface area contributed by atoms with Crippen molar-refractivity contribution in [3.05, 3.63) is 76.7 Å². The maximum absolute atomic E-state index is 14.5. The van der Waals surface area contributed by atoms with Crippen LogP contribution in [0.25, 0.3) is 11.1 Å². The third-order valence-corrected chi connectivity index (χ3v) is 5.57. The van der Waals surface area contributed by atoms with E-state index in [1.807, 2.05) is 0 Å². The molecule has 0 bridgehead atoms. The van der Waals surface area contributed by atoms with E-state index in [2.05, 4.69) is 10.3 Å². The standard InChI is InChI=1S/C24H18ClF6N3O3/c1-12(13-6-8-14(9-7-13)18-15(21(35)37-2)4-3-5-17(18)26)33-20-19(16(25)10-11-32-20)34-22(36)23(27,28)24(29,30)31/h3-12H,1-2H3,(H,32,33)(H,34,36). The summed E-state index contributed by atoms with van der Waals surface area (Å²) in [5, 5.41) is 3.95. The lowest BCUT2D eigenvalue weighted by Crippen LogP contribution is -2.47. The van der Waals surface area contributed by atoms with Crippen LogP contribution < -0.4 is 10.6 Å². The smallest absolute Gasteiger partial charge is 0.463 e. The molecule has 1 amide bonds. The fraction of sp³-hybridized carbons (Fsp3) is 0.208. The normalized spacial score (nSPS) is 12.6. The lowest BCUT2D eigenvalue weighted by atomic mass is 9.97. The number of benzene rings is 2. The fourth-order valence-electron chi connectivity index (χ4n) is 3.31. The van der Waals surface area contributed by atoms with Gasteiger partial charge in [-0.15, -0.1) is 0 Å². The largest absolute Gasteiger partial charge is 0.465 e. The fourth-order valence-corrected chi connectivity index (χ4v) is 3.50. The van der Waals surface area contributed by atoms with Gasteiger partial charge in [-0.05, 0) is 36.2 Å². The number of aromatic nitrogens is 1. The summed E-state index contributed by atoms with van der Waals surface area (Å²) in [6, 6.07) is 10.6. The topological polar surface area (TPSA) is 80.3 Å². The predicted molar refractivity (Wildman–Crippen MR) is 124 cm³/mol. The molecule has 6 nitrogen and oxygen atoms in total. The Morgan fingerprint density at radius 3 is 2.27 bits per heavy atom. The zero-order valence-corrected chi connectivity index (χ0v) is 19.8. The molecule has 0 saturated carbocycles. The van der Waals surface area contributed by atoms with Gasteiger partial charge in [-0.25, -0.2) is 14.2 Å². The number of nitrogens with one attached hydrogen (secondary N) is 2. The molecule has 37 heavy (non-hydrogen) atoms. The van der Waals surface area contributed by atoms with Crippen molar-refractivity contribution in [3.8, 4) is 11.1 Å². The highest BCUT2D eigenvalue weighted by atomic mass is 35.5. The lowest BCUT2D eigenvalue weighted by Gasteiger charge is -2.22. The predicted octanol–water partition coefficient (Wildman–Crippen LogP) is 6.64. The average Bonchev–Trinajstić information content (AvgIpc) is 2.84. The summed E-state index contributed by atoms with van der Waals surface area (Å²) in [5.41, 5.74) is 0.377. The first-order valence-electron chi connectivity index (χ1n) is 10.4. The zero-order valence-electron chi connectivity index (χ0n) is 19.1. The number of ether oxygens (including phenoxy) is 1. The minimum atomic E-state index is -6.11. The highest BCUT2D eigenvalue weighted by Crippen LogP contribution is 2.38. The third-order valence-electron chi connectivity index (χ3n) is 5.25. The van der Waals surface area contributed by atoms with Gasteiger partial charge in [0.05, 0.1) is 23.7 Å². The second-order valence-electron chi connectivity index (χ2n) is 7.68. The van der Waals surface area contributed by atoms with Gasteiger partial charge in [0.1, 0.15) is 11.5 Å². The molecular weight excluding hydrogens is 528 g/mol. The van der Waals surface area contributed by atoms with Crippen molar-refractivity contribution in [1.82, 2.24) is 4.98 Å². The number of hydrogen-bond acceptors (Lipinski definition) is 5. The number of carbonyl (C=O) groups excluding carboxylic acids is 2. The van der Waals surface area contributed by atoms with Crippen LogP contribution in [0.2, 0.25) is 5.02 Å². The summed E-state index contributed by atoms with van der Waals surface area (Å²) in [4.78, 5) is 27.6. The van der Waals surface area contributed by atoms with Crippen molar-refractivity contribution in [2.75, 3.05) is 17.7 Å². The first-order valence-corrected chi connectivity index (χ1v) is 10.8. The van der Waals surface area contributed by atoms with Gasteiger partial charge in [-0.2, -0.15) is 22.0 Å². The van der Waals surface area contributed by atoms with Crippen LogP contribution in [0.15, 0.2) is 54.7 Å². The molecule has 0 fully saturated rings. The molecule has 0 radical (unpaired) electrons. The molecule has 13 heteroatoms. The second-order valence-corrected chi connectivity index (χ2v) is 8.09. The number of carbonyl (C=O) groups is 2. The summed E-state index contributed by atoms with van der Waals surface area (Å²) >= 11 is 5.93. The van der Waals surface area contributed by atoms with E-state index < -0.39 is 41.5 Å². The molecule has 0 aliphatic rings. The van der Waals surface area contributed by atoms with Gasteiger partial charge in [-0.3, -0.25) is 4.79 Å². The van der Waals surface area contributed by atoms with Gasteiger partial charge in [0.2, 0.25) is 0 Å². The van der Waals surface area contributed by atoms with Gasteiger partial charge in [0.25, 0.3) is 0 Å². The quantitative estimate of drug-likeness (QED) is 0.257. The number of halogens is 7. The molecule has 0 spiro atoms. The van der Waals surface area contributed by atoms with Crippen molar-refractivity contribution in [2.45, 2.75) is 25.1 Å². The molecule has 1 aromatic heterocycles. The zero-order chi connectivity index (χ0) is 27.5. The first-order chi connectivity index (χ1) is 17.3. The van der Waals surface area contributed by atoms with Gasteiger partial charge in [0.15, 0.2) is 5.82 Å². The molecule has 196 valence electrons. The molecule has 2 N–H and O–H groups in total. The first kappa shape index (κ1) is 27.8. The minimum absolute atomic E-state index is 0.0144. The van der Waals surface area contributed by atoms with E-state index in [-0.39, 0.29) is 22.0 Å². The van der Waals surface area contributed by atoms with E-state index in [9.17, 15) is 35.9 Å². The van der Waals surface area contributed by atoms with Gasteiger partial charge < -0.3 is 15.4 Å². The van der Waals surface area contributed by atoms with Crippen molar-refractivity contribution < 1.29 is 40.7 Å². The number of pyridine rings is 1. The summed E-state index contributed by atoms with van der Waals surface area (Å²) < 4.78 is 83.8. The Morgan fingerprint density at radius 2 is 1.68 bits per heavy atom.